The molecule has 0 radical (unpaired) electrons. The summed E-state index contributed by atoms with van der Waals surface area (Å²) in [5.74, 6) is -5.87. The number of carbonyl (C=O) groups excluding carboxylic acids is 2. The number of ketones is 2. The van der Waals surface area contributed by atoms with E-state index in [1.54, 1.807) is 0 Å². The number of unbranched alkanes of at least 4 members (excludes halogenated alkanes) is 3. The van der Waals surface area contributed by atoms with Crippen molar-refractivity contribution in [3.8, 4) is 0 Å². The minimum Gasteiger partial charge on any atom is -0.481 e. The molecule has 1 aliphatic rings. The van der Waals surface area contributed by atoms with Crippen molar-refractivity contribution in [3.05, 3.63) is 0 Å². The Kier molecular flexibility index (Phi) is 10.9. The number of aliphatic hydroxyl groups excluding tert-OH is 1. The highest BCUT2D eigenvalue weighted by molar-refractivity contribution is 5.86. The molecule has 0 heterocycles. The summed E-state index contributed by atoms with van der Waals surface area (Å²) in [6.07, 6.45) is 2.94. The first-order valence-electron chi connectivity index (χ1n) is 10.9. The highest BCUT2D eigenvalue weighted by Crippen LogP contribution is 2.37. The maximum absolute atomic E-state index is 14.1. The molecule has 0 aromatic carbocycles. The Morgan fingerprint density at radius 2 is 1.72 bits per heavy atom. The van der Waals surface area contributed by atoms with E-state index in [0.29, 0.717) is 31.6 Å². The van der Waals surface area contributed by atoms with Crippen LogP contribution in [-0.2, 0) is 14.4 Å². The lowest BCUT2D eigenvalue weighted by molar-refractivity contribution is -0.144. The zero-order chi connectivity index (χ0) is 22.0. The summed E-state index contributed by atoms with van der Waals surface area (Å²) in [5.41, 5.74) is 0. The molecule has 2 N–H and O–H groups in total. The van der Waals surface area contributed by atoms with Crippen LogP contribution < -0.4 is 0 Å². The first kappa shape index (κ1) is 25.7. The number of hydrogen-bond acceptors (Lipinski definition) is 4. The lowest BCUT2D eigenvalue weighted by Gasteiger charge is -2.22. The van der Waals surface area contributed by atoms with Gasteiger partial charge >= 0.3 is 11.9 Å². The molecule has 0 spiro atoms. The topological polar surface area (TPSA) is 91.7 Å². The molecule has 1 fully saturated rings. The molecule has 0 aromatic rings. The van der Waals surface area contributed by atoms with Crippen molar-refractivity contribution in [1.82, 2.24) is 0 Å². The third kappa shape index (κ3) is 9.32. The number of aliphatic carboxylic acids is 1. The molecule has 0 amide bonds. The molecule has 1 aliphatic carbocycles. The monoisotopic (exact) mass is 418 g/mol. The lowest BCUT2D eigenvalue weighted by Crippen LogP contribution is -2.30. The number of hydrogen-bond donors (Lipinski definition) is 2. The van der Waals surface area contributed by atoms with Crippen molar-refractivity contribution in [2.24, 2.45) is 17.8 Å². The van der Waals surface area contributed by atoms with Gasteiger partial charge in [0.25, 0.3) is 0 Å². The van der Waals surface area contributed by atoms with E-state index in [2.05, 4.69) is 0 Å². The van der Waals surface area contributed by atoms with Crippen LogP contribution in [0.2, 0.25) is 0 Å². The summed E-state index contributed by atoms with van der Waals surface area (Å²) in [4.78, 5) is 34.7. The predicted octanol–water partition coefficient (Wildman–Crippen LogP) is 4.79. The van der Waals surface area contributed by atoms with Crippen LogP contribution in [0.4, 0.5) is 8.78 Å². The van der Waals surface area contributed by atoms with Crippen LogP contribution in [0, 0.1) is 17.8 Å². The van der Waals surface area contributed by atoms with Crippen molar-refractivity contribution in [2.45, 2.75) is 103 Å². The van der Waals surface area contributed by atoms with Gasteiger partial charge in [-0.15, -0.1) is 0 Å². The molecule has 1 rings (SSSR count). The number of Topliss-reactive ketones (excluding diaryl/α,β-unsaturated/α-hetero) is 2. The van der Waals surface area contributed by atoms with Crippen molar-refractivity contribution in [3.63, 3.8) is 0 Å². The van der Waals surface area contributed by atoms with Crippen LogP contribution in [0.3, 0.4) is 0 Å². The maximum atomic E-state index is 14.1. The molecule has 1 unspecified atom stereocenters. The van der Waals surface area contributed by atoms with E-state index < -0.39 is 42.0 Å². The summed E-state index contributed by atoms with van der Waals surface area (Å²) in [7, 11) is 0. The SMILES string of the molecule is CC(C)CCCC(F)(F)C(=O)CC[C@@H]1C(CCCCCCC(=O)O)C(=O)C[C@H]1O. The van der Waals surface area contributed by atoms with Crippen LogP contribution in [0.5, 0.6) is 0 Å². The molecule has 0 aliphatic heterocycles. The number of carboxylic acids is 1. The number of carbonyl (C=O) groups is 3. The third-order valence-electron chi connectivity index (χ3n) is 5.88. The van der Waals surface area contributed by atoms with Gasteiger partial charge in [-0.05, 0) is 37.5 Å². The summed E-state index contributed by atoms with van der Waals surface area (Å²) < 4.78 is 28.1. The van der Waals surface area contributed by atoms with E-state index in [1.807, 2.05) is 13.8 Å². The van der Waals surface area contributed by atoms with Crippen molar-refractivity contribution < 1.29 is 33.4 Å². The van der Waals surface area contributed by atoms with Gasteiger partial charge in [-0.3, -0.25) is 14.4 Å². The second kappa shape index (κ2) is 12.4. The van der Waals surface area contributed by atoms with Gasteiger partial charge in [0.05, 0.1) is 6.10 Å². The van der Waals surface area contributed by atoms with E-state index in [4.69, 9.17) is 5.11 Å². The molecule has 7 heteroatoms. The minimum absolute atomic E-state index is 0.0212. The van der Waals surface area contributed by atoms with Crippen LogP contribution >= 0.6 is 0 Å². The number of carboxylic acid groups (broad SMARTS) is 1. The Bertz CT molecular complexity index is 547. The van der Waals surface area contributed by atoms with E-state index in [1.165, 1.54) is 0 Å². The van der Waals surface area contributed by atoms with Gasteiger partial charge in [-0.25, -0.2) is 0 Å². The molecule has 0 bridgehead atoms. The first-order chi connectivity index (χ1) is 13.5. The maximum Gasteiger partial charge on any atom is 0.305 e. The fraction of sp³-hybridized carbons (Fsp3) is 0.864. The summed E-state index contributed by atoms with van der Waals surface area (Å²) >= 11 is 0. The first-order valence-corrected chi connectivity index (χ1v) is 10.9. The number of rotatable bonds is 15. The van der Waals surface area contributed by atoms with Gasteiger partial charge in [0.2, 0.25) is 5.78 Å². The number of alkyl halides is 2. The fourth-order valence-corrected chi connectivity index (χ4v) is 4.13. The van der Waals surface area contributed by atoms with Crippen molar-refractivity contribution in [2.75, 3.05) is 0 Å². The van der Waals surface area contributed by atoms with Crippen molar-refractivity contribution >= 4 is 17.5 Å². The van der Waals surface area contributed by atoms with Gasteiger partial charge < -0.3 is 10.2 Å². The normalized spacial score (nSPS) is 22.4. The van der Waals surface area contributed by atoms with E-state index in [9.17, 15) is 28.3 Å². The Balaban J connectivity index is 2.45. The Morgan fingerprint density at radius 1 is 1.07 bits per heavy atom. The molecule has 5 nitrogen and oxygen atoms in total. The highest BCUT2D eigenvalue weighted by Gasteiger charge is 2.43. The molecule has 0 saturated heterocycles. The van der Waals surface area contributed by atoms with Gasteiger partial charge in [-0.1, -0.05) is 39.5 Å². The predicted molar refractivity (Wildman–Crippen MR) is 106 cm³/mol. The Hall–Kier alpha value is -1.37. The van der Waals surface area contributed by atoms with Crippen LogP contribution in [0.25, 0.3) is 0 Å². The minimum atomic E-state index is -3.35. The van der Waals surface area contributed by atoms with E-state index in [-0.39, 0.29) is 31.5 Å². The molecule has 1 saturated carbocycles. The van der Waals surface area contributed by atoms with Gasteiger partial charge in [-0.2, -0.15) is 8.78 Å². The summed E-state index contributed by atoms with van der Waals surface area (Å²) in [6, 6.07) is 0. The fourth-order valence-electron chi connectivity index (χ4n) is 4.13. The van der Waals surface area contributed by atoms with Crippen LogP contribution in [0.15, 0.2) is 0 Å². The van der Waals surface area contributed by atoms with Gasteiger partial charge in [0.1, 0.15) is 5.78 Å². The molecule has 3 atom stereocenters. The van der Waals surface area contributed by atoms with Crippen molar-refractivity contribution in [1.29, 1.82) is 0 Å². The average molecular weight is 419 g/mol. The number of aliphatic hydroxyl groups is 1. The highest BCUT2D eigenvalue weighted by atomic mass is 19.3. The summed E-state index contributed by atoms with van der Waals surface area (Å²) in [5, 5.41) is 18.8. The molecule has 29 heavy (non-hydrogen) atoms. The Morgan fingerprint density at radius 3 is 2.34 bits per heavy atom. The van der Waals surface area contributed by atoms with Crippen LogP contribution in [0.1, 0.15) is 90.9 Å². The molecule has 0 aromatic heterocycles. The number of halogens is 2. The van der Waals surface area contributed by atoms with E-state index >= 15 is 0 Å². The van der Waals surface area contributed by atoms with Crippen LogP contribution in [-0.4, -0.2) is 39.8 Å². The molecular formula is C22H36F2O5. The van der Waals surface area contributed by atoms with E-state index in [0.717, 1.165) is 19.3 Å². The summed E-state index contributed by atoms with van der Waals surface area (Å²) in [6.45, 7) is 3.90. The zero-order valence-electron chi connectivity index (χ0n) is 17.7. The largest absolute Gasteiger partial charge is 0.481 e. The smallest absolute Gasteiger partial charge is 0.305 e. The second-order valence-corrected chi connectivity index (χ2v) is 8.81. The van der Waals surface area contributed by atoms with Gasteiger partial charge in [0.15, 0.2) is 0 Å². The average Bonchev–Trinajstić information content (AvgIpc) is 2.87. The van der Waals surface area contributed by atoms with Gasteiger partial charge in [0, 0.05) is 31.6 Å². The standard InChI is InChI=1S/C22H36F2O5/c1-15(2)8-7-13-22(23,24)20(27)12-11-17-16(18(25)14-19(17)26)9-5-3-4-6-10-21(28)29/h15-17,19,26H,3-14H2,1-2H3,(H,28,29)/t16?,17-,19-/m1/s1. The molecule has 168 valence electrons. The zero-order valence-corrected chi connectivity index (χ0v) is 17.7. The quantitative estimate of drug-likeness (QED) is 0.373. The molecular weight excluding hydrogens is 382 g/mol. The second-order valence-electron chi connectivity index (χ2n) is 8.81. The third-order valence-corrected chi connectivity index (χ3v) is 5.88. The Labute approximate surface area is 172 Å². The lowest BCUT2D eigenvalue weighted by atomic mass is 9.85.